The lowest BCUT2D eigenvalue weighted by atomic mass is 10.1. The number of anilines is 2. The third-order valence-corrected chi connectivity index (χ3v) is 7.23. The van der Waals surface area contributed by atoms with Gasteiger partial charge in [-0.1, -0.05) is 27.7 Å². The highest BCUT2D eigenvalue weighted by Gasteiger charge is 2.27. The zero-order valence-corrected chi connectivity index (χ0v) is 19.6. The molecule has 0 bridgehead atoms. The second-order valence-corrected chi connectivity index (χ2v) is 9.88. The van der Waals surface area contributed by atoms with Crippen molar-refractivity contribution in [3.05, 3.63) is 48.0 Å². The minimum absolute atomic E-state index is 0.00578. The monoisotopic (exact) mass is 459 g/mol. The van der Waals surface area contributed by atoms with Gasteiger partial charge in [-0.3, -0.25) is 9.59 Å². The maximum absolute atomic E-state index is 12.7. The number of carbonyl (C=O) groups is 2. The van der Waals surface area contributed by atoms with Gasteiger partial charge < -0.3 is 15.0 Å². The van der Waals surface area contributed by atoms with Gasteiger partial charge >= 0.3 is 0 Å². The van der Waals surface area contributed by atoms with Gasteiger partial charge in [0.2, 0.25) is 10.0 Å². The maximum Gasteiger partial charge on any atom is 0.265 e. The van der Waals surface area contributed by atoms with Crippen LogP contribution in [0.1, 0.15) is 38.1 Å². The molecule has 0 atom stereocenters. The molecule has 0 unspecified atom stereocenters. The van der Waals surface area contributed by atoms with E-state index in [-0.39, 0.29) is 29.2 Å². The lowest BCUT2D eigenvalue weighted by Gasteiger charge is -2.31. The SMILES string of the molecule is CCN(CC)S(=O)(=O)c1ccc(C(=O)Nc2ccc3c(c2)N(CC(C)C)C(=O)CO3)cc1. The summed E-state index contributed by atoms with van der Waals surface area (Å²) in [6.07, 6.45) is 0. The summed E-state index contributed by atoms with van der Waals surface area (Å²) in [5.41, 5.74) is 1.46. The molecule has 0 fully saturated rings. The average molecular weight is 460 g/mol. The van der Waals surface area contributed by atoms with Crippen LogP contribution in [0.4, 0.5) is 11.4 Å². The fourth-order valence-electron chi connectivity index (χ4n) is 3.54. The molecule has 2 aromatic carbocycles. The molecule has 2 amide bonds. The van der Waals surface area contributed by atoms with E-state index in [2.05, 4.69) is 5.32 Å². The molecule has 3 rings (SSSR count). The quantitative estimate of drug-likeness (QED) is 0.653. The molecule has 0 saturated carbocycles. The average Bonchev–Trinajstić information content (AvgIpc) is 2.76. The van der Waals surface area contributed by atoms with Crippen LogP contribution >= 0.6 is 0 Å². The third kappa shape index (κ3) is 4.94. The van der Waals surface area contributed by atoms with Crippen LogP contribution in [0.3, 0.4) is 0 Å². The van der Waals surface area contributed by atoms with Gasteiger partial charge in [-0.05, 0) is 48.4 Å². The number of hydrogen-bond donors (Lipinski definition) is 1. The first-order valence-electron chi connectivity index (χ1n) is 10.7. The first kappa shape index (κ1) is 23.7. The van der Waals surface area contributed by atoms with E-state index >= 15 is 0 Å². The van der Waals surface area contributed by atoms with Crippen molar-refractivity contribution in [2.24, 2.45) is 5.92 Å². The number of rotatable bonds is 8. The molecule has 8 nitrogen and oxygen atoms in total. The van der Waals surface area contributed by atoms with E-state index in [0.717, 1.165) is 0 Å². The summed E-state index contributed by atoms with van der Waals surface area (Å²) in [7, 11) is -3.58. The van der Waals surface area contributed by atoms with Gasteiger partial charge in [-0.15, -0.1) is 0 Å². The van der Waals surface area contributed by atoms with Crippen molar-refractivity contribution in [3.63, 3.8) is 0 Å². The Morgan fingerprint density at radius 1 is 1.12 bits per heavy atom. The molecule has 0 aliphatic carbocycles. The molecule has 1 aliphatic rings. The minimum atomic E-state index is -3.58. The molecule has 0 radical (unpaired) electrons. The molecule has 1 aliphatic heterocycles. The summed E-state index contributed by atoms with van der Waals surface area (Å²) in [4.78, 5) is 26.9. The van der Waals surface area contributed by atoms with Crippen LogP contribution in [0.25, 0.3) is 0 Å². The second-order valence-electron chi connectivity index (χ2n) is 7.94. The van der Waals surface area contributed by atoms with Crippen LogP contribution in [0.15, 0.2) is 47.4 Å². The smallest absolute Gasteiger partial charge is 0.265 e. The fourth-order valence-corrected chi connectivity index (χ4v) is 5.00. The predicted molar refractivity (Wildman–Crippen MR) is 124 cm³/mol. The third-order valence-electron chi connectivity index (χ3n) is 5.17. The van der Waals surface area contributed by atoms with Crippen molar-refractivity contribution in [1.82, 2.24) is 4.31 Å². The Labute approximate surface area is 189 Å². The van der Waals surface area contributed by atoms with Crippen molar-refractivity contribution in [2.75, 3.05) is 36.5 Å². The Balaban J connectivity index is 1.79. The van der Waals surface area contributed by atoms with Crippen molar-refractivity contribution in [1.29, 1.82) is 0 Å². The molecule has 0 aromatic heterocycles. The summed E-state index contributed by atoms with van der Waals surface area (Å²) in [5.74, 6) is 0.360. The number of sulfonamides is 1. The molecular weight excluding hydrogens is 430 g/mol. The zero-order chi connectivity index (χ0) is 23.5. The highest BCUT2D eigenvalue weighted by Crippen LogP contribution is 2.35. The van der Waals surface area contributed by atoms with Gasteiger partial charge in [-0.25, -0.2) is 8.42 Å². The van der Waals surface area contributed by atoms with Gasteiger partial charge in [-0.2, -0.15) is 4.31 Å². The van der Waals surface area contributed by atoms with Crippen molar-refractivity contribution in [2.45, 2.75) is 32.6 Å². The van der Waals surface area contributed by atoms with Crippen LogP contribution < -0.4 is 15.0 Å². The molecule has 0 spiro atoms. The number of carbonyl (C=O) groups excluding carboxylic acids is 2. The summed E-state index contributed by atoms with van der Waals surface area (Å²) < 4.78 is 32.1. The standard InChI is InChI=1S/C23H29N3O5S/c1-5-25(6-2)32(29,30)19-10-7-17(8-11-19)23(28)24-18-9-12-21-20(13-18)26(14-16(3)4)22(27)15-31-21/h7-13,16H,5-6,14-15H2,1-4H3,(H,24,28). The van der Waals surface area contributed by atoms with Crippen LogP contribution in [0, 0.1) is 5.92 Å². The summed E-state index contributed by atoms with van der Waals surface area (Å²) in [6.45, 7) is 8.91. The van der Waals surface area contributed by atoms with Gasteiger partial charge in [0.05, 0.1) is 10.6 Å². The number of nitrogens with one attached hydrogen (secondary N) is 1. The van der Waals surface area contributed by atoms with Crippen molar-refractivity contribution < 1.29 is 22.7 Å². The Hall–Kier alpha value is -2.91. The zero-order valence-electron chi connectivity index (χ0n) is 18.8. The molecule has 172 valence electrons. The Morgan fingerprint density at radius 2 is 1.78 bits per heavy atom. The van der Waals surface area contributed by atoms with E-state index in [9.17, 15) is 18.0 Å². The topological polar surface area (TPSA) is 96.0 Å². The summed E-state index contributed by atoms with van der Waals surface area (Å²) in [6, 6.07) is 11.0. The normalized spacial score (nSPS) is 13.8. The van der Waals surface area contributed by atoms with Gasteiger partial charge in [0, 0.05) is 30.9 Å². The van der Waals surface area contributed by atoms with Gasteiger partial charge in [0.15, 0.2) is 6.61 Å². The Kier molecular flexibility index (Phi) is 7.20. The summed E-state index contributed by atoms with van der Waals surface area (Å²) in [5, 5.41) is 2.81. The van der Waals surface area contributed by atoms with Crippen LogP contribution in [0.5, 0.6) is 5.75 Å². The first-order chi connectivity index (χ1) is 15.2. The molecular formula is C23H29N3O5S. The number of nitrogens with zero attached hydrogens (tertiary/aromatic N) is 2. The highest BCUT2D eigenvalue weighted by atomic mass is 32.2. The van der Waals surface area contributed by atoms with Crippen LogP contribution in [0.2, 0.25) is 0 Å². The molecule has 32 heavy (non-hydrogen) atoms. The van der Waals surface area contributed by atoms with E-state index in [1.807, 2.05) is 13.8 Å². The van der Waals surface area contributed by atoms with E-state index in [4.69, 9.17) is 4.74 Å². The number of ether oxygens (including phenoxy) is 1. The Bertz CT molecular complexity index is 1090. The van der Waals surface area contributed by atoms with Crippen LogP contribution in [-0.2, 0) is 14.8 Å². The lowest BCUT2D eigenvalue weighted by molar-refractivity contribution is -0.121. The number of fused-ring (bicyclic) bond motifs is 1. The fraction of sp³-hybridized carbons (Fsp3) is 0.391. The van der Waals surface area contributed by atoms with Gasteiger partial charge in [0.25, 0.3) is 11.8 Å². The van der Waals surface area contributed by atoms with E-state index in [1.54, 1.807) is 36.9 Å². The minimum Gasteiger partial charge on any atom is -0.482 e. The van der Waals surface area contributed by atoms with E-state index in [0.29, 0.717) is 42.3 Å². The van der Waals surface area contributed by atoms with Gasteiger partial charge in [0.1, 0.15) is 5.75 Å². The summed E-state index contributed by atoms with van der Waals surface area (Å²) >= 11 is 0. The van der Waals surface area contributed by atoms with E-state index < -0.39 is 10.0 Å². The molecule has 1 heterocycles. The van der Waals surface area contributed by atoms with Crippen molar-refractivity contribution in [3.8, 4) is 5.75 Å². The highest BCUT2D eigenvalue weighted by molar-refractivity contribution is 7.89. The lowest BCUT2D eigenvalue weighted by Crippen LogP contribution is -2.41. The second kappa shape index (κ2) is 9.70. The largest absolute Gasteiger partial charge is 0.482 e. The molecule has 1 N–H and O–H groups in total. The number of hydrogen-bond acceptors (Lipinski definition) is 5. The maximum atomic E-state index is 12.7. The predicted octanol–water partition coefficient (Wildman–Crippen LogP) is 3.35. The molecule has 0 saturated heterocycles. The number of benzene rings is 2. The van der Waals surface area contributed by atoms with Crippen LogP contribution in [-0.4, -0.2) is 50.8 Å². The molecule has 2 aromatic rings. The van der Waals surface area contributed by atoms with Crippen molar-refractivity contribution >= 4 is 33.2 Å². The Morgan fingerprint density at radius 3 is 2.38 bits per heavy atom. The molecule has 9 heteroatoms. The number of amides is 2. The van der Waals surface area contributed by atoms with E-state index in [1.165, 1.54) is 28.6 Å². The first-order valence-corrected chi connectivity index (χ1v) is 12.1.